The fraction of sp³-hybridized carbons (Fsp3) is 0.607. The molecular weight excluding hydrogens is 589 g/mol. The highest BCUT2D eigenvalue weighted by Gasteiger charge is 2.46. The number of carbonyl (C=O) groups is 3. The summed E-state index contributed by atoms with van der Waals surface area (Å²) in [5.41, 5.74) is -0.898. The average molecular weight is 623 g/mol. The lowest BCUT2D eigenvalue weighted by atomic mass is 10.0. The van der Waals surface area contributed by atoms with Gasteiger partial charge >= 0.3 is 12.1 Å². The highest BCUT2D eigenvalue weighted by Crippen LogP contribution is 2.36. The number of hydrogen-bond acceptors (Lipinski definition) is 9. The Morgan fingerprint density at radius 3 is 2.64 bits per heavy atom. The van der Waals surface area contributed by atoms with Gasteiger partial charge in [0.15, 0.2) is 0 Å². The quantitative estimate of drug-likeness (QED) is 0.501. The number of carboxylic acids is 1. The number of carboxylic acid groups (broad SMARTS) is 1. The molecule has 13 nitrogen and oxygen atoms in total. The Hall–Kier alpha value is -3.76. The number of benzene rings is 1. The van der Waals surface area contributed by atoms with E-state index in [0.717, 1.165) is 29.7 Å². The zero-order valence-electron chi connectivity index (χ0n) is 23.8. The van der Waals surface area contributed by atoms with Crippen molar-refractivity contribution >= 4 is 17.8 Å². The number of aliphatic carboxylic acids is 1. The molecule has 2 amide bonds. The maximum absolute atomic E-state index is 14.1. The summed E-state index contributed by atoms with van der Waals surface area (Å²) in [5, 5.41) is 16.6. The van der Waals surface area contributed by atoms with Crippen molar-refractivity contribution in [3.05, 3.63) is 41.2 Å². The topological polar surface area (TPSA) is 140 Å². The van der Waals surface area contributed by atoms with E-state index in [4.69, 9.17) is 19.3 Å². The second kappa shape index (κ2) is 12.3. The van der Waals surface area contributed by atoms with Gasteiger partial charge in [0.05, 0.1) is 36.1 Å². The number of fused-ring (bicyclic) bond motifs is 3. The lowest BCUT2D eigenvalue weighted by molar-refractivity contribution is -0.143. The highest BCUT2D eigenvalue weighted by molar-refractivity contribution is 6.00. The van der Waals surface area contributed by atoms with Crippen LogP contribution in [0.15, 0.2) is 24.4 Å². The summed E-state index contributed by atoms with van der Waals surface area (Å²) in [6.45, 7) is 2.46. The Morgan fingerprint density at radius 1 is 1.09 bits per heavy atom. The van der Waals surface area contributed by atoms with Crippen molar-refractivity contribution in [1.29, 1.82) is 0 Å². The largest absolute Gasteiger partial charge is 0.491 e. The molecular formula is C28H33F3N6O7. The first-order valence-electron chi connectivity index (χ1n) is 14.6. The third-order valence-electron chi connectivity index (χ3n) is 8.63. The Labute approximate surface area is 250 Å². The molecule has 3 fully saturated rings. The zero-order valence-corrected chi connectivity index (χ0v) is 23.8. The first-order valence-corrected chi connectivity index (χ1v) is 14.6. The molecule has 2 aromatic rings. The standard InChI is InChI=1S/C28H33F3N6O7/c29-28(30,31)17-1-2-24-22(9-17)26(40)37-13-21(43-15-18-11-35(33-32-18)14-25(38)39)10-23(37)27(41)36-6-5-34(12-20(36)16-44-24)19-3-7-42-8-4-19/h1-2,9,11,19-21,23H,3-8,10,12-16H2,(H,38,39)/t20-,21+,23-/m0/s1. The van der Waals surface area contributed by atoms with Crippen molar-refractivity contribution in [2.75, 3.05) is 46.0 Å². The van der Waals surface area contributed by atoms with E-state index in [1.807, 2.05) is 0 Å². The third kappa shape index (κ3) is 6.37. The van der Waals surface area contributed by atoms with Crippen LogP contribution in [0.3, 0.4) is 0 Å². The lowest BCUT2D eigenvalue weighted by Gasteiger charge is -2.46. The van der Waals surface area contributed by atoms with E-state index >= 15 is 0 Å². The number of ether oxygens (including phenoxy) is 3. The summed E-state index contributed by atoms with van der Waals surface area (Å²) >= 11 is 0. The normalized spacial score (nSPS) is 25.3. The van der Waals surface area contributed by atoms with Gasteiger partial charge in [-0.15, -0.1) is 5.10 Å². The van der Waals surface area contributed by atoms with Crippen LogP contribution in [0, 0.1) is 0 Å². The predicted octanol–water partition coefficient (Wildman–Crippen LogP) is 1.27. The number of amides is 2. The van der Waals surface area contributed by atoms with E-state index < -0.39 is 35.8 Å². The molecule has 4 aliphatic heterocycles. The minimum absolute atomic E-state index is 0.0236. The molecule has 0 aliphatic carbocycles. The van der Waals surface area contributed by atoms with E-state index in [1.165, 1.54) is 17.2 Å². The van der Waals surface area contributed by atoms with Crippen LogP contribution in [0.2, 0.25) is 0 Å². The summed E-state index contributed by atoms with van der Waals surface area (Å²) in [7, 11) is 0. The van der Waals surface area contributed by atoms with Gasteiger partial charge in [-0.25, -0.2) is 4.68 Å². The first-order chi connectivity index (χ1) is 21.1. The average Bonchev–Trinajstić information content (AvgIpc) is 3.64. The van der Waals surface area contributed by atoms with Crippen LogP contribution in [0.25, 0.3) is 0 Å². The lowest BCUT2D eigenvalue weighted by Crippen LogP contribution is -2.62. The van der Waals surface area contributed by atoms with Crippen LogP contribution in [-0.4, -0.2) is 123 Å². The van der Waals surface area contributed by atoms with Gasteiger partial charge < -0.3 is 29.1 Å². The van der Waals surface area contributed by atoms with Gasteiger partial charge in [-0.05, 0) is 31.0 Å². The van der Waals surface area contributed by atoms with Crippen LogP contribution >= 0.6 is 0 Å². The Morgan fingerprint density at radius 2 is 1.89 bits per heavy atom. The molecule has 6 rings (SSSR count). The number of carbonyl (C=O) groups excluding carboxylic acids is 2. The Bertz CT molecular complexity index is 1400. The number of alkyl halides is 3. The van der Waals surface area contributed by atoms with Crippen LogP contribution in [-0.2, 0) is 38.4 Å². The summed E-state index contributed by atoms with van der Waals surface area (Å²) in [6, 6.07) is 1.81. The molecule has 1 aromatic carbocycles. The molecule has 5 heterocycles. The molecule has 16 heteroatoms. The Kier molecular flexibility index (Phi) is 8.48. The fourth-order valence-corrected chi connectivity index (χ4v) is 6.43. The van der Waals surface area contributed by atoms with E-state index in [9.17, 15) is 27.6 Å². The molecule has 238 valence electrons. The Balaban J connectivity index is 1.27. The zero-order chi connectivity index (χ0) is 31.0. The third-order valence-corrected chi connectivity index (χ3v) is 8.63. The molecule has 4 aliphatic rings. The molecule has 44 heavy (non-hydrogen) atoms. The van der Waals surface area contributed by atoms with E-state index in [0.29, 0.717) is 44.6 Å². The SMILES string of the molecule is O=C(O)Cn1cc(CO[C@@H]2C[C@H]3C(=O)N4CCN(C5CCOCC5)C[C@H]4COc4ccc(C(F)(F)F)cc4C(=O)N3C2)nn1. The second-order valence-electron chi connectivity index (χ2n) is 11.5. The van der Waals surface area contributed by atoms with Crippen molar-refractivity contribution in [2.45, 2.75) is 62.8 Å². The molecule has 0 unspecified atom stereocenters. The predicted molar refractivity (Wildman–Crippen MR) is 144 cm³/mol. The number of halogens is 3. The van der Waals surface area contributed by atoms with Crippen molar-refractivity contribution < 1.29 is 46.9 Å². The molecule has 1 N–H and O–H groups in total. The van der Waals surface area contributed by atoms with Gasteiger partial charge in [0.25, 0.3) is 5.91 Å². The summed E-state index contributed by atoms with van der Waals surface area (Å²) in [4.78, 5) is 44.2. The van der Waals surface area contributed by atoms with Crippen molar-refractivity contribution in [2.24, 2.45) is 0 Å². The molecule has 0 radical (unpaired) electrons. The molecule has 0 bridgehead atoms. The maximum Gasteiger partial charge on any atom is 0.416 e. The number of rotatable bonds is 6. The molecule has 3 atom stereocenters. The first kappa shape index (κ1) is 30.3. The number of nitrogens with zero attached hydrogens (tertiary/aromatic N) is 6. The van der Waals surface area contributed by atoms with Gasteiger partial charge in [0.2, 0.25) is 5.91 Å². The summed E-state index contributed by atoms with van der Waals surface area (Å²) in [6.07, 6.45) is -2.01. The van der Waals surface area contributed by atoms with Crippen molar-refractivity contribution in [3.63, 3.8) is 0 Å². The summed E-state index contributed by atoms with van der Waals surface area (Å²) in [5.74, 6) is -2.11. The maximum atomic E-state index is 14.1. The van der Waals surface area contributed by atoms with E-state index in [1.54, 1.807) is 4.90 Å². The minimum atomic E-state index is -4.68. The fourth-order valence-electron chi connectivity index (χ4n) is 6.43. The van der Waals surface area contributed by atoms with E-state index in [2.05, 4.69) is 15.2 Å². The molecule has 1 aromatic heterocycles. The van der Waals surface area contributed by atoms with Gasteiger partial charge in [-0.2, -0.15) is 13.2 Å². The van der Waals surface area contributed by atoms with Crippen molar-refractivity contribution in [3.8, 4) is 5.75 Å². The van der Waals surface area contributed by atoms with Crippen LogP contribution < -0.4 is 4.74 Å². The van der Waals surface area contributed by atoms with Crippen LogP contribution in [0.1, 0.15) is 40.9 Å². The number of aromatic nitrogens is 3. The molecule has 3 saturated heterocycles. The van der Waals surface area contributed by atoms with E-state index in [-0.39, 0.29) is 56.0 Å². The second-order valence-corrected chi connectivity index (χ2v) is 11.5. The van der Waals surface area contributed by atoms with Gasteiger partial charge in [-0.3, -0.25) is 19.3 Å². The minimum Gasteiger partial charge on any atom is -0.491 e. The number of piperazine rings is 1. The van der Waals surface area contributed by atoms with Crippen LogP contribution in [0.5, 0.6) is 5.75 Å². The molecule has 0 saturated carbocycles. The van der Waals surface area contributed by atoms with Crippen molar-refractivity contribution in [1.82, 2.24) is 29.7 Å². The number of hydrogen-bond donors (Lipinski definition) is 1. The van der Waals surface area contributed by atoms with Gasteiger partial charge in [0.1, 0.15) is 30.6 Å². The van der Waals surface area contributed by atoms with Crippen LogP contribution in [0.4, 0.5) is 13.2 Å². The monoisotopic (exact) mass is 622 g/mol. The summed E-state index contributed by atoms with van der Waals surface area (Å²) < 4.78 is 59.7. The smallest absolute Gasteiger partial charge is 0.416 e. The van der Waals surface area contributed by atoms with Gasteiger partial charge in [-0.1, -0.05) is 5.21 Å². The highest BCUT2D eigenvalue weighted by atomic mass is 19.4. The van der Waals surface area contributed by atoms with Gasteiger partial charge in [0, 0.05) is 51.9 Å². The molecule has 0 spiro atoms.